The van der Waals surface area contributed by atoms with Crippen molar-refractivity contribution >= 4 is 40.6 Å². The lowest BCUT2D eigenvalue weighted by Crippen LogP contribution is -2.48. The summed E-state index contributed by atoms with van der Waals surface area (Å²) in [5, 5.41) is 4.41. The van der Waals surface area contributed by atoms with Crippen LogP contribution in [0, 0.1) is 0 Å². The van der Waals surface area contributed by atoms with Crippen LogP contribution >= 0.6 is 23.8 Å². The van der Waals surface area contributed by atoms with Gasteiger partial charge in [0.05, 0.1) is 24.5 Å². The first kappa shape index (κ1) is 23.0. The lowest BCUT2D eigenvalue weighted by Gasteiger charge is -2.37. The van der Waals surface area contributed by atoms with Gasteiger partial charge in [0.2, 0.25) is 0 Å². The molecule has 1 N–H and O–H groups in total. The van der Waals surface area contributed by atoms with E-state index in [9.17, 15) is 4.79 Å². The molecule has 0 saturated heterocycles. The molecule has 2 aromatic carbocycles. The van der Waals surface area contributed by atoms with Gasteiger partial charge in [-0.15, -0.1) is 0 Å². The molecule has 0 aliphatic carbocycles. The quantitative estimate of drug-likeness (QED) is 0.303. The minimum atomic E-state index is -0.465. The number of carbonyl (C=O) groups excluding carboxylic acids is 1. The smallest absolute Gasteiger partial charge is 0.338 e. The normalized spacial score (nSPS) is 16.0. The average Bonchev–Trinajstić information content (AvgIpc) is 3.35. The van der Waals surface area contributed by atoms with Gasteiger partial charge in [-0.05, 0) is 61.1 Å². The number of nitrogens with one attached hydrogen (secondary N) is 1. The maximum atomic E-state index is 13.2. The topological polar surface area (TPSA) is 68.6 Å². The van der Waals surface area contributed by atoms with Crippen molar-refractivity contribution in [3.63, 3.8) is 0 Å². The molecule has 0 fully saturated rings. The van der Waals surface area contributed by atoms with Crippen molar-refractivity contribution in [2.75, 3.05) is 25.2 Å². The highest BCUT2D eigenvalue weighted by molar-refractivity contribution is 7.80. The summed E-state index contributed by atoms with van der Waals surface area (Å²) in [7, 11) is 1.56. The molecule has 0 radical (unpaired) electrons. The van der Waals surface area contributed by atoms with Crippen LogP contribution in [0.15, 0.2) is 78.5 Å². The number of anilines is 1. The SMILES string of the molecule is COCCOC(=O)C1=C(C)N(c2ccc(Cl)cc2)C(=S)N[C@H]1c1ccc(-n2ccnc2)cc1. The Hall–Kier alpha value is -3.20. The summed E-state index contributed by atoms with van der Waals surface area (Å²) < 4.78 is 12.4. The van der Waals surface area contributed by atoms with Crippen molar-refractivity contribution in [2.45, 2.75) is 13.0 Å². The summed E-state index contributed by atoms with van der Waals surface area (Å²) in [6, 6.07) is 14.7. The minimum Gasteiger partial charge on any atom is -0.460 e. The van der Waals surface area contributed by atoms with E-state index in [2.05, 4.69) is 10.3 Å². The van der Waals surface area contributed by atoms with Gasteiger partial charge in [0.25, 0.3) is 0 Å². The van der Waals surface area contributed by atoms with Gasteiger partial charge in [-0.2, -0.15) is 0 Å². The Morgan fingerprint density at radius 1 is 1.12 bits per heavy atom. The average molecular weight is 483 g/mol. The van der Waals surface area contributed by atoms with Crippen LogP contribution in [0.1, 0.15) is 18.5 Å². The zero-order valence-electron chi connectivity index (χ0n) is 18.2. The lowest BCUT2D eigenvalue weighted by molar-refractivity contribution is -0.140. The lowest BCUT2D eigenvalue weighted by atomic mass is 9.94. The second kappa shape index (κ2) is 10.2. The number of rotatable bonds is 7. The number of imidazole rings is 1. The molecule has 9 heteroatoms. The maximum absolute atomic E-state index is 13.2. The van der Waals surface area contributed by atoms with Gasteiger partial charge in [0.15, 0.2) is 5.11 Å². The third-order valence-corrected chi connectivity index (χ3v) is 5.89. The van der Waals surface area contributed by atoms with Gasteiger partial charge >= 0.3 is 5.97 Å². The van der Waals surface area contributed by atoms with E-state index >= 15 is 0 Å². The van der Waals surface area contributed by atoms with Gasteiger partial charge in [0, 0.05) is 41.6 Å². The fourth-order valence-corrected chi connectivity index (χ4v) is 4.19. The molecule has 170 valence electrons. The zero-order chi connectivity index (χ0) is 23.4. The molecule has 0 spiro atoms. The molecule has 0 amide bonds. The second-order valence-electron chi connectivity index (χ2n) is 7.38. The number of halogens is 1. The molecule has 2 heterocycles. The van der Waals surface area contributed by atoms with Crippen LogP contribution in [0.4, 0.5) is 5.69 Å². The number of hydrogen-bond acceptors (Lipinski definition) is 5. The van der Waals surface area contributed by atoms with Crippen molar-refractivity contribution in [1.82, 2.24) is 14.9 Å². The Balaban J connectivity index is 1.72. The fraction of sp³-hybridized carbons (Fsp3) is 0.208. The first-order valence-electron chi connectivity index (χ1n) is 10.3. The third-order valence-electron chi connectivity index (χ3n) is 5.34. The number of esters is 1. The third kappa shape index (κ3) is 4.93. The van der Waals surface area contributed by atoms with E-state index in [-0.39, 0.29) is 6.61 Å². The summed E-state index contributed by atoms with van der Waals surface area (Å²) in [4.78, 5) is 19.1. The molecular weight excluding hydrogens is 460 g/mol. The highest BCUT2D eigenvalue weighted by Crippen LogP contribution is 2.35. The summed E-state index contributed by atoms with van der Waals surface area (Å²) in [5.41, 5.74) is 3.81. The zero-order valence-corrected chi connectivity index (χ0v) is 19.8. The number of aromatic nitrogens is 2. The predicted octanol–water partition coefficient (Wildman–Crippen LogP) is 4.43. The van der Waals surface area contributed by atoms with Crippen molar-refractivity contribution in [3.05, 3.63) is 89.1 Å². The molecular formula is C24H23ClN4O3S. The molecule has 3 aromatic rings. The van der Waals surface area contributed by atoms with E-state index in [0.29, 0.717) is 28.0 Å². The van der Waals surface area contributed by atoms with Crippen LogP contribution in [0.5, 0.6) is 0 Å². The number of hydrogen-bond donors (Lipinski definition) is 1. The largest absolute Gasteiger partial charge is 0.460 e. The van der Waals surface area contributed by atoms with E-state index in [1.54, 1.807) is 31.8 Å². The van der Waals surface area contributed by atoms with E-state index in [0.717, 1.165) is 16.9 Å². The first-order valence-corrected chi connectivity index (χ1v) is 11.1. The molecule has 0 saturated carbocycles. The molecule has 4 rings (SSSR count). The second-order valence-corrected chi connectivity index (χ2v) is 8.21. The summed E-state index contributed by atoms with van der Waals surface area (Å²) >= 11 is 11.8. The van der Waals surface area contributed by atoms with Gasteiger partial charge < -0.3 is 19.4 Å². The standard InChI is InChI=1S/C24H23ClN4O3S/c1-16-21(23(30)32-14-13-31-2)22(17-3-7-19(8-4-17)28-12-11-26-15-28)27-24(33)29(16)20-9-5-18(25)6-10-20/h3-12,15,22H,13-14H2,1-2H3,(H,27,33)/t22-/m0/s1. The molecule has 7 nitrogen and oxygen atoms in total. The summed E-state index contributed by atoms with van der Waals surface area (Å²) in [5.74, 6) is -0.429. The van der Waals surface area contributed by atoms with E-state index in [4.69, 9.17) is 33.3 Å². The Kier molecular flexibility index (Phi) is 7.08. The molecule has 0 unspecified atom stereocenters. The number of benzene rings is 2. The Morgan fingerprint density at radius 3 is 2.45 bits per heavy atom. The van der Waals surface area contributed by atoms with Crippen molar-refractivity contribution in [2.24, 2.45) is 0 Å². The van der Waals surface area contributed by atoms with Gasteiger partial charge in [-0.1, -0.05) is 23.7 Å². The minimum absolute atomic E-state index is 0.157. The molecule has 1 aromatic heterocycles. The number of thiocarbonyl (C=S) groups is 1. The van der Waals surface area contributed by atoms with Crippen LogP contribution in [0.3, 0.4) is 0 Å². The Bertz CT molecular complexity index is 1160. The van der Waals surface area contributed by atoms with Crippen molar-refractivity contribution in [1.29, 1.82) is 0 Å². The van der Waals surface area contributed by atoms with Crippen LogP contribution in [0.2, 0.25) is 5.02 Å². The van der Waals surface area contributed by atoms with Crippen LogP contribution in [-0.4, -0.2) is 41.0 Å². The summed E-state index contributed by atoms with van der Waals surface area (Å²) in [6.45, 7) is 2.33. The number of methoxy groups -OCH3 is 1. The van der Waals surface area contributed by atoms with Gasteiger partial charge in [-0.3, -0.25) is 4.90 Å². The molecule has 1 aliphatic rings. The fourth-order valence-electron chi connectivity index (χ4n) is 3.70. The van der Waals surface area contributed by atoms with Crippen molar-refractivity contribution < 1.29 is 14.3 Å². The van der Waals surface area contributed by atoms with Gasteiger partial charge in [-0.25, -0.2) is 9.78 Å². The highest BCUT2D eigenvalue weighted by Gasteiger charge is 2.35. The maximum Gasteiger partial charge on any atom is 0.338 e. The van der Waals surface area contributed by atoms with Crippen LogP contribution < -0.4 is 10.2 Å². The number of nitrogens with zero attached hydrogens (tertiary/aromatic N) is 3. The van der Waals surface area contributed by atoms with Crippen LogP contribution in [0.25, 0.3) is 5.69 Å². The molecule has 0 bridgehead atoms. The monoisotopic (exact) mass is 482 g/mol. The van der Waals surface area contributed by atoms with Gasteiger partial charge in [0.1, 0.15) is 6.61 Å². The van der Waals surface area contributed by atoms with E-state index in [1.807, 2.05) is 59.0 Å². The summed E-state index contributed by atoms with van der Waals surface area (Å²) in [6.07, 6.45) is 5.33. The number of allylic oxidation sites excluding steroid dienone is 1. The van der Waals surface area contributed by atoms with Crippen LogP contribution in [-0.2, 0) is 14.3 Å². The predicted molar refractivity (Wildman–Crippen MR) is 132 cm³/mol. The first-order chi connectivity index (χ1) is 16.0. The Morgan fingerprint density at radius 2 is 1.82 bits per heavy atom. The molecule has 1 aliphatic heterocycles. The number of carbonyl (C=O) groups is 1. The van der Waals surface area contributed by atoms with E-state index in [1.165, 1.54) is 0 Å². The van der Waals surface area contributed by atoms with E-state index < -0.39 is 12.0 Å². The molecule has 1 atom stereocenters. The number of ether oxygens (including phenoxy) is 2. The highest BCUT2D eigenvalue weighted by atomic mass is 35.5. The van der Waals surface area contributed by atoms with Crippen molar-refractivity contribution in [3.8, 4) is 5.69 Å². The molecule has 33 heavy (non-hydrogen) atoms. The Labute approximate surface area is 202 Å².